The Morgan fingerprint density at radius 1 is 0.882 bits per heavy atom. The van der Waals surface area contributed by atoms with Crippen molar-refractivity contribution in [2.45, 2.75) is 18.7 Å². The minimum absolute atomic E-state index is 0.0636. The lowest BCUT2D eigenvalue weighted by atomic mass is 10.1. The number of hydrogen-bond donors (Lipinski definition) is 2. The lowest BCUT2D eigenvalue weighted by Gasteiger charge is -2.13. The highest BCUT2D eigenvalue weighted by molar-refractivity contribution is 7.92. The number of carbonyl (C=O) groups excluding carboxylic acids is 1. The van der Waals surface area contributed by atoms with E-state index in [1.807, 2.05) is 55.5 Å². The number of fused-ring (bicyclic) bond motifs is 1. The van der Waals surface area contributed by atoms with Crippen molar-refractivity contribution in [1.29, 1.82) is 0 Å². The Labute approximate surface area is 199 Å². The van der Waals surface area contributed by atoms with Crippen molar-refractivity contribution >= 4 is 32.4 Å². The first-order valence-corrected chi connectivity index (χ1v) is 12.4. The van der Waals surface area contributed by atoms with Crippen LogP contribution in [0, 0.1) is 13.8 Å². The molecule has 1 amide bonds. The number of amides is 1. The molecule has 6 nitrogen and oxygen atoms in total. The second-order valence-electron chi connectivity index (χ2n) is 8.04. The fraction of sp³-hybridized carbons (Fsp3) is 0.148. The lowest BCUT2D eigenvalue weighted by molar-refractivity contribution is 0.0947. The van der Waals surface area contributed by atoms with E-state index >= 15 is 0 Å². The average molecular weight is 475 g/mol. The molecule has 4 aromatic rings. The molecule has 174 valence electrons. The Kier molecular flexibility index (Phi) is 6.84. The zero-order valence-corrected chi connectivity index (χ0v) is 19.9. The number of aryl methyl sites for hydroxylation is 2. The van der Waals surface area contributed by atoms with E-state index in [9.17, 15) is 13.2 Å². The van der Waals surface area contributed by atoms with Crippen LogP contribution in [0.25, 0.3) is 10.8 Å². The van der Waals surface area contributed by atoms with Crippen LogP contribution in [0.4, 0.5) is 5.69 Å². The van der Waals surface area contributed by atoms with E-state index in [0.29, 0.717) is 11.3 Å². The highest BCUT2D eigenvalue weighted by atomic mass is 32.2. The third-order valence-corrected chi connectivity index (χ3v) is 6.93. The number of anilines is 1. The summed E-state index contributed by atoms with van der Waals surface area (Å²) in [7, 11) is -3.85. The van der Waals surface area contributed by atoms with E-state index in [-0.39, 0.29) is 29.5 Å². The molecule has 0 aromatic heterocycles. The van der Waals surface area contributed by atoms with Crippen molar-refractivity contribution in [2.24, 2.45) is 0 Å². The number of carbonyl (C=O) groups is 1. The first-order valence-electron chi connectivity index (χ1n) is 10.9. The summed E-state index contributed by atoms with van der Waals surface area (Å²) in [6, 6.07) is 25.5. The van der Waals surface area contributed by atoms with E-state index in [2.05, 4.69) is 10.0 Å². The topological polar surface area (TPSA) is 84.5 Å². The second-order valence-corrected chi connectivity index (χ2v) is 9.69. The normalized spacial score (nSPS) is 11.2. The van der Waals surface area contributed by atoms with Crippen LogP contribution in [0.3, 0.4) is 0 Å². The van der Waals surface area contributed by atoms with Crippen LogP contribution in [-0.2, 0) is 10.0 Å². The van der Waals surface area contributed by atoms with E-state index in [1.54, 1.807) is 37.3 Å². The van der Waals surface area contributed by atoms with Crippen molar-refractivity contribution in [2.75, 3.05) is 17.9 Å². The summed E-state index contributed by atoms with van der Waals surface area (Å²) in [6.45, 7) is 4.15. The van der Waals surface area contributed by atoms with Crippen LogP contribution in [0.1, 0.15) is 21.5 Å². The molecule has 0 aliphatic carbocycles. The summed E-state index contributed by atoms with van der Waals surface area (Å²) in [5.41, 5.74) is 2.23. The zero-order chi connectivity index (χ0) is 24.1. The van der Waals surface area contributed by atoms with Gasteiger partial charge >= 0.3 is 0 Å². The molecule has 34 heavy (non-hydrogen) atoms. The lowest BCUT2D eigenvalue weighted by Crippen LogP contribution is -2.28. The van der Waals surface area contributed by atoms with Gasteiger partial charge in [0.25, 0.3) is 15.9 Å². The molecule has 4 aromatic carbocycles. The second kappa shape index (κ2) is 9.97. The Balaban J connectivity index is 1.41. The van der Waals surface area contributed by atoms with E-state index < -0.39 is 10.0 Å². The van der Waals surface area contributed by atoms with Crippen molar-refractivity contribution in [3.05, 3.63) is 102 Å². The van der Waals surface area contributed by atoms with Crippen LogP contribution in [-0.4, -0.2) is 27.5 Å². The van der Waals surface area contributed by atoms with Gasteiger partial charge in [0.1, 0.15) is 12.4 Å². The number of benzene rings is 4. The summed E-state index contributed by atoms with van der Waals surface area (Å²) >= 11 is 0. The molecule has 0 atom stereocenters. The molecule has 0 heterocycles. The molecule has 4 rings (SSSR count). The number of sulfonamides is 1. The molecule has 0 aliphatic rings. The first-order chi connectivity index (χ1) is 16.3. The maximum absolute atomic E-state index is 13.0. The van der Waals surface area contributed by atoms with Crippen molar-refractivity contribution in [3.8, 4) is 5.75 Å². The summed E-state index contributed by atoms with van der Waals surface area (Å²) in [6.07, 6.45) is 0. The van der Waals surface area contributed by atoms with Gasteiger partial charge in [0, 0.05) is 16.6 Å². The molecule has 0 saturated heterocycles. The van der Waals surface area contributed by atoms with Gasteiger partial charge in [0.05, 0.1) is 11.4 Å². The van der Waals surface area contributed by atoms with E-state index in [4.69, 9.17) is 4.74 Å². The molecule has 0 aliphatic heterocycles. The molecule has 7 heteroatoms. The smallest absolute Gasteiger partial charge is 0.262 e. The van der Waals surface area contributed by atoms with E-state index in [1.165, 1.54) is 6.07 Å². The molecule has 0 radical (unpaired) electrons. The molecule has 2 N–H and O–H groups in total. The quantitative estimate of drug-likeness (QED) is 0.349. The van der Waals surface area contributed by atoms with Gasteiger partial charge in [-0.05, 0) is 60.7 Å². The maximum atomic E-state index is 13.0. The van der Waals surface area contributed by atoms with Gasteiger partial charge in [-0.3, -0.25) is 9.52 Å². The highest BCUT2D eigenvalue weighted by Gasteiger charge is 2.19. The monoisotopic (exact) mass is 474 g/mol. The van der Waals surface area contributed by atoms with Gasteiger partial charge in [-0.25, -0.2) is 8.42 Å². The first kappa shape index (κ1) is 23.3. The minimum atomic E-state index is -3.85. The van der Waals surface area contributed by atoms with Gasteiger partial charge in [0.2, 0.25) is 0 Å². The highest BCUT2D eigenvalue weighted by Crippen LogP contribution is 2.25. The Bertz CT molecular complexity index is 1440. The average Bonchev–Trinajstić information content (AvgIpc) is 2.81. The predicted molar refractivity (Wildman–Crippen MR) is 135 cm³/mol. The summed E-state index contributed by atoms with van der Waals surface area (Å²) in [4.78, 5) is 12.7. The Morgan fingerprint density at radius 2 is 1.65 bits per heavy atom. The largest absolute Gasteiger partial charge is 0.491 e. The molecule has 0 bridgehead atoms. The third kappa shape index (κ3) is 5.38. The SMILES string of the molecule is Cc1cccc(NS(=O)(=O)c2cc(C(=O)NCCOc3cccc4ccccc34)ccc2C)c1. The van der Waals surface area contributed by atoms with Crippen molar-refractivity contribution < 1.29 is 17.9 Å². The molecule has 0 spiro atoms. The van der Waals surface area contributed by atoms with Crippen molar-refractivity contribution in [3.63, 3.8) is 0 Å². The summed E-state index contributed by atoms with van der Waals surface area (Å²) in [5.74, 6) is 0.381. The fourth-order valence-corrected chi connectivity index (χ4v) is 5.02. The molecular formula is C27H26N2O4S. The van der Waals surface area contributed by atoms with E-state index in [0.717, 1.165) is 22.1 Å². The van der Waals surface area contributed by atoms with Gasteiger partial charge in [0.15, 0.2) is 0 Å². The van der Waals surface area contributed by atoms with Crippen LogP contribution in [0.2, 0.25) is 0 Å². The van der Waals surface area contributed by atoms with Gasteiger partial charge in [-0.2, -0.15) is 0 Å². The summed E-state index contributed by atoms with van der Waals surface area (Å²) < 4.78 is 34.4. The zero-order valence-electron chi connectivity index (χ0n) is 19.0. The third-order valence-electron chi connectivity index (χ3n) is 5.40. The number of nitrogens with one attached hydrogen (secondary N) is 2. The van der Waals surface area contributed by atoms with Gasteiger partial charge in [-0.15, -0.1) is 0 Å². The Morgan fingerprint density at radius 3 is 2.47 bits per heavy atom. The predicted octanol–water partition coefficient (Wildman–Crippen LogP) is 5.07. The van der Waals surface area contributed by atoms with Crippen molar-refractivity contribution in [1.82, 2.24) is 5.32 Å². The van der Waals surface area contributed by atoms with Crippen LogP contribution < -0.4 is 14.8 Å². The molecule has 0 saturated carbocycles. The fourth-order valence-electron chi connectivity index (χ4n) is 3.70. The number of hydrogen-bond acceptors (Lipinski definition) is 4. The Hall–Kier alpha value is -3.84. The standard InChI is InChI=1S/C27H26N2O4S/c1-19-7-5-10-23(17-19)29-34(31,32)26-18-22(14-13-20(26)2)27(30)28-15-16-33-25-12-6-9-21-8-3-4-11-24(21)25/h3-14,17-18,29H,15-16H2,1-2H3,(H,28,30). The van der Waals surface area contributed by atoms with Gasteiger partial charge in [-0.1, -0.05) is 54.6 Å². The number of ether oxygens (including phenoxy) is 1. The summed E-state index contributed by atoms with van der Waals surface area (Å²) in [5, 5.41) is 4.88. The van der Waals surface area contributed by atoms with Crippen LogP contribution in [0.15, 0.2) is 89.8 Å². The maximum Gasteiger partial charge on any atom is 0.262 e. The van der Waals surface area contributed by atoms with Crippen LogP contribution >= 0.6 is 0 Å². The molecule has 0 fully saturated rings. The minimum Gasteiger partial charge on any atom is -0.491 e. The number of rotatable bonds is 8. The van der Waals surface area contributed by atoms with Gasteiger partial charge < -0.3 is 10.1 Å². The molecular weight excluding hydrogens is 448 g/mol. The molecule has 0 unspecified atom stereocenters. The van der Waals surface area contributed by atoms with Crippen LogP contribution in [0.5, 0.6) is 5.75 Å².